The maximum absolute atomic E-state index is 13.2. The minimum absolute atomic E-state index is 0.0318. The first-order valence-electron chi connectivity index (χ1n) is 30.7. The van der Waals surface area contributed by atoms with Crippen molar-refractivity contribution in [2.75, 3.05) is 20.6 Å². The molecule has 400 valence electrons. The number of hydrogen-bond donors (Lipinski definition) is 0. The molecule has 5 nitrogen and oxygen atoms in total. The van der Waals surface area contributed by atoms with Crippen LogP contribution in [-0.4, -0.2) is 49.7 Å². The SMILES string of the molecule is CCCCCCCCC(CCCCCCCC)OC(=O)CCCCCCC(CCCCCC(=O)OC1CCC2(C)C(=CCC3C2CCC2(C)C(C(C)/C=C/C(CC)C(C)C)CCC32)C1)CCN(C)C. The van der Waals surface area contributed by atoms with Gasteiger partial charge in [0.05, 0.1) is 0 Å². The molecule has 10 unspecified atom stereocenters. The number of unbranched alkanes of at least 4 members (excludes halogenated alkanes) is 15. The lowest BCUT2D eigenvalue weighted by Crippen LogP contribution is -2.51. The Balaban J connectivity index is 1.12. The van der Waals surface area contributed by atoms with Gasteiger partial charge >= 0.3 is 11.9 Å². The van der Waals surface area contributed by atoms with Gasteiger partial charge in [-0.1, -0.05) is 188 Å². The molecule has 3 saturated carbocycles. The molecule has 0 spiro atoms. The van der Waals surface area contributed by atoms with Gasteiger partial charge in [0, 0.05) is 19.3 Å². The number of carbonyl (C=O) groups excluding carboxylic acids is 2. The Hall–Kier alpha value is -1.62. The molecule has 4 aliphatic rings. The Morgan fingerprint density at radius 3 is 1.86 bits per heavy atom. The molecule has 0 aliphatic heterocycles. The number of carbonyl (C=O) groups is 2. The highest BCUT2D eigenvalue weighted by Crippen LogP contribution is 2.67. The summed E-state index contributed by atoms with van der Waals surface area (Å²) in [6, 6.07) is 0. The van der Waals surface area contributed by atoms with Gasteiger partial charge in [-0.2, -0.15) is 0 Å². The number of hydrogen-bond acceptors (Lipinski definition) is 5. The summed E-state index contributed by atoms with van der Waals surface area (Å²) in [4.78, 5) is 28.5. The first kappa shape index (κ1) is 59.9. The van der Waals surface area contributed by atoms with E-state index >= 15 is 0 Å². The number of nitrogens with zero attached hydrogens (tertiary/aromatic N) is 1. The molecule has 10 atom stereocenters. The Labute approximate surface area is 429 Å². The Kier molecular flexibility index (Phi) is 28.3. The van der Waals surface area contributed by atoms with Crippen molar-refractivity contribution >= 4 is 11.9 Å². The van der Waals surface area contributed by atoms with E-state index in [9.17, 15) is 9.59 Å². The molecule has 0 aromatic heterocycles. The highest BCUT2D eigenvalue weighted by Gasteiger charge is 2.59. The molecular formula is C64H115NO4. The minimum atomic E-state index is 0.0318. The minimum Gasteiger partial charge on any atom is -0.462 e. The van der Waals surface area contributed by atoms with E-state index < -0.39 is 0 Å². The quantitative estimate of drug-likeness (QED) is 0.0353. The maximum Gasteiger partial charge on any atom is 0.306 e. The summed E-state index contributed by atoms with van der Waals surface area (Å²) in [7, 11) is 4.38. The van der Waals surface area contributed by atoms with Crippen molar-refractivity contribution in [1.29, 1.82) is 0 Å². The van der Waals surface area contributed by atoms with Gasteiger partial charge in [-0.3, -0.25) is 9.59 Å². The van der Waals surface area contributed by atoms with Gasteiger partial charge in [-0.15, -0.1) is 0 Å². The first-order valence-corrected chi connectivity index (χ1v) is 30.7. The molecule has 0 aromatic rings. The van der Waals surface area contributed by atoms with Crippen LogP contribution in [0.2, 0.25) is 0 Å². The predicted molar refractivity (Wildman–Crippen MR) is 295 cm³/mol. The average molecular weight is 963 g/mol. The van der Waals surface area contributed by atoms with Crippen molar-refractivity contribution in [3.63, 3.8) is 0 Å². The van der Waals surface area contributed by atoms with E-state index in [1.165, 1.54) is 161 Å². The molecule has 0 radical (unpaired) electrons. The largest absolute Gasteiger partial charge is 0.462 e. The molecule has 4 rings (SSSR count). The van der Waals surface area contributed by atoms with E-state index in [0.717, 1.165) is 93.4 Å². The third-order valence-electron chi connectivity index (χ3n) is 19.3. The lowest BCUT2D eigenvalue weighted by Gasteiger charge is -2.58. The lowest BCUT2D eigenvalue weighted by atomic mass is 9.47. The molecular weight excluding hydrogens is 847 g/mol. The number of ether oxygens (including phenoxy) is 2. The van der Waals surface area contributed by atoms with Crippen LogP contribution in [0.3, 0.4) is 0 Å². The van der Waals surface area contributed by atoms with Crippen LogP contribution in [0.15, 0.2) is 23.8 Å². The zero-order valence-corrected chi connectivity index (χ0v) is 47.5. The van der Waals surface area contributed by atoms with Crippen molar-refractivity contribution in [3.8, 4) is 0 Å². The summed E-state index contributed by atoms with van der Waals surface area (Å²) in [6.45, 7) is 20.6. The van der Waals surface area contributed by atoms with Crippen molar-refractivity contribution in [2.24, 2.45) is 58.2 Å². The Morgan fingerprint density at radius 1 is 0.667 bits per heavy atom. The average Bonchev–Trinajstić information content (AvgIpc) is 3.68. The van der Waals surface area contributed by atoms with E-state index in [1.54, 1.807) is 5.57 Å². The van der Waals surface area contributed by atoms with E-state index in [0.29, 0.717) is 30.1 Å². The third kappa shape index (κ3) is 20.0. The van der Waals surface area contributed by atoms with Gasteiger partial charge in [-0.25, -0.2) is 0 Å². The molecule has 0 bridgehead atoms. The summed E-state index contributed by atoms with van der Waals surface area (Å²) in [5.41, 5.74) is 2.37. The van der Waals surface area contributed by atoms with Gasteiger partial charge in [-0.05, 0) is 175 Å². The molecule has 0 heterocycles. The molecule has 4 aliphatic carbocycles. The molecule has 69 heavy (non-hydrogen) atoms. The van der Waals surface area contributed by atoms with Crippen LogP contribution in [0.5, 0.6) is 0 Å². The number of fused-ring (bicyclic) bond motifs is 5. The van der Waals surface area contributed by atoms with Gasteiger partial charge in [0.15, 0.2) is 0 Å². The van der Waals surface area contributed by atoms with E-state index in [1.807, 2.05) is 0 Å². The standard InChI is InChI=1S/C64H115NO4/c1-11-14-16-18-20-27-33-55(34-28-21-19-17-15-12-2)68-61(66)35-29-23-22-25-31-52(45-48-65(9)10)32-26-24-30-36-62(67)69-56-43-46-63(7)54(49-56)39-40-57-59-42-41-58(64(59,8)47-44-60(57)63)51(6)37-38-53(13-3)50(4)5/h37-39,50-53,55-60H,11-36,40-49H2,1-10H3/b38-37+. The molecule has 3 fully saturated rings. The topological polar surface area (TPSA) is 55.8 Å². The fourth-order valence-electron chi connectivity index (χ4n) is 14.8. The van der Waals surface area contributed by atoms with Gasteiger partial charge in [0.25, 0.3) is 0 Å². The second kappa shape index (κ2) is 32.5. The van der Waals surface area contributed by atoms with Crippen LogP contribution in [0.4, 0.5) is 0 Å². The normalized spacial score (nSPS) is 27.0. The fraction of sp³-hybridized carbons (Fsp3) is 0.906. The van der Waals surface area contributed by atoms with E-state index in [-0.39, 0.29) is 29.6 Å². The van der Waals surface area contributed by atoms with E-state index in [2.05, 4.69) is 92.6 Å². The zero-order chi connectivity index (χ0) is 50.1. The molecule has 5 heteroatoms. The van der Waals surface area contributed by atoms with Crippen molar-refractivity contribution < 1.29 is 19.1 Å². The molecule has 0 N–H and O–H groups in total. The molecule has 0 amide bonds. The second-order valence-corrected chi connectivity index (χ2v) is 25.1. The van der Waals surface area contributed by atoms with Crippen LogP contribution in [0.25, 0.3) is 0 Å². The number of allylic oxidation sites excluding steroid dienone is 3. The van der Waals surface area contributed by atoms with Crippen LogP contribution in [0, 0.1) is 58.2 Å². The molecule has 0 aromatic carbocycles. The smallest absolute Gasteiger partial charge is 0.306 e. The van der Waals surface area contributed by atoms with Crippen molar-refractivity contribution in [1.82, 2.24) is 4.90 Å². The Morgan fingerprint density at radius 2 is 1.25 bits per heavy atom. The first-order chi connectivity index (χ1) is 33.2. The summed E-state index contributed by atoms with van der Waals surface area (Å²) in [5, 5.41) is 0. The monoisotopic (exact) mass is 962 g/mol. The second-order valence-electron chi connectivity index (χ2n) is 25.1. The van der Waals surface area contributed by atoms with Crippen LogP contribution in [0.1, 0.15) is 280 Å². The summed E-state index contributed by atoms with van der Waals surface area (Å²) in [6.07, 6.45) is 49.5. The van der Waals surface area contributed by atoms with Gasteiger partial charge in [0.2, 0.25) is 0 Å². The predicted octanol–water partition coefficient (Wildman–Crippen LogP) is 18.6. The highest BCUT2D eigenvalue weighted by molar-refractivity contribution is 5.69. The number of rotatable bonds is 37. The Bertz CT molecular complexity index is 1450. The van der Waals surface area contributed by atoms with E-state index in [4.69, 9.17) is 9.47 Å². The summed E-state index contributed by atoms with van der Waals surface area (Å²) >= 11 is 0. The maximum atomic E-state index is 13.2. The lowest BCUT2D eigenvalue weighted by molar-refractivity contribution is -0.152. The summed E-state index contributed by atoms with van der Waals surface area (Å²) in [5.74, 6) is 6.16. The van der Waals surface area contributed by atoms with Crippen LogP contribution >= 0.6 is 0 Å². The highest BCUT2D eigenvalue weighted by atomic mass is 16.5. The zero-order valence-electron chi connectivity index (χ0n) is 47.5. The van der Waals surface area contributed by atoms with Crippen molar-refractivity contribution in [3.05, 3.63) is 23.8 Å². The number of esters is 2. The van der Waals surface area contributed by atoms with Gasteiger partial charge in [0.1, 0.15) is 12.2 Å². The van der Waals surface area contributed by atoms with Crippen molar-refractivity contribution in [2.45, 2.75) is 292 Å². The molecule has 0 saturated heterocycles. The van der Waals surface area contributed by atoms with Gasteiger partial charge < -0.3 is 14.4 Å². The van der Waals surface area contributed by atoms with Crippen LogP contribution < -0.4 is 0 Å². The summed E-state index contributed by atoms with van der Waals surface area (Å²) < 4.78 is 12.4. The fourth-order valence-corrected chi connectivity index (χ4v) is 14.8. The third-order valence-corrected chi connectivity index (χ3v) is 19.3. The van der Waals surface area contributed by atoms with Crippen LogP contribution in [-0.2, 0) is 19.1 Å².